The summed E-state index contributed by atoms with van der Waals surface area (Å²) in [7, 11) is 1.66. The summed E-state index contributed by atoms with van der Waals surface area (Å²) in [5.41, 5.74) is 2.05. The zero-order valence-electron chi connectivity index (χ0n) is 11.8. The highest BCUT2D eigenvalue weighted by Gasteiger charge is 2.18. The van der Waals surface area contributed by atoms with Crippen LogP contribution in [0.25, 0.3) is 10.8 Å². The van der Waals surface area contributed by atoms with E-state index in [9.17, 15) is 5.11 Å². The van der Waals surface area contributed by atoms with Gasteiger partial charge in [-0.3, -0.25) is 0 Å². The molecule has 0 bridgehead atoms. The van der Waals surface area contributed by atoms with Crippen molar-refractivity contribution in [1.82, 2.24) is 0 Å². The van der Waals surface area contributed by atoms with Crippen LogP contribution in [-0.4, -0.2) is 12.2 Å². The molecule has 0 aliphatic carbocycles. The van der Waals surface area contributed by atoms with Crippen molar-refractivity contribution in [3.8, 4) is 5.75 Å². The number of fused-ring (bicyclic) bond motifs is 1. The second kappa shape index (κ2) is 5.79. The number of ether oxygens (including phenoxy) is 1. The summed E-state index contributed by atoms with van der Waals surface area (Å²) in [6, 6.07) is 13.9. The first-order chi connectivity index (χ1) is 10.1. The Hall–Kier alpha value is -1.36. The van der Waals surface area contributed by atoms with Crippen LogP contribution in [-0.2, 0) is 0 Å². The molecule has 1 atom stereocenters. The van der Waals surface area contributed by atoms with Gasteiger partial charge in [-0.15, -0.1) is 11.3 Å². The van der Waals surface area contributed by atoms with E-state index in [1.807, 2.05) is 49.4 Å². The number of methoxy groups -OCH3 is 1. The maximum Gasteiger partial charge on any atom is 0.126 e. The van der Waals surface area contributed by atoms with E-state index in [1.165, 1.54) is 0 Å². The number of halogens is 1. The zero-order chi connectivity index (χ0) is 15.0. The van der Waals surface area contributed by atoms with Crippen molar-refractivity contribution in [2.24, 2.45) is 0 Å². The van der Waals surface area contributed by atoms with Crippen molar-refractivity contribution in [3.05, 3.63) is 62.3 Å². The Morgan fingerprint density at radius 3 is 2.48 bits per heavy atom. The molecule has 0 spiro atoms. The van der Waals surface area contributed by atoms with Gasteiger partial charge in [0.25, 0.3) is 0 Å². The molecule has 0 amide bonds. The fraction of sp³-hybridized carbons (Fsp3) is 0.176. The average molecular weight is 363 g/mol. The van der Waals surface area contributed by atoms with Crippen molar-refractivity contribution in [3.63, 3.8) is 0 Å². The molecule has 3 aromatic rings. The fourth-order valence-electron chi connectivity index (χ4n) is 2.48. The molecular formula is C17H15BrO2S. The lowest BCUT2D eigenvalue weighted by Crippen LogP contribution is -1.99. The number of aliphatic hydroxyl groups is 1. The molecule has 1 N–H and O–H groups in total. The molecule has 1 unspecified atom stereocenters. The van der Waals surface area contributed by atoms with Gasteiger partial charge in [0.2, 0.25) is 0 Å². The van der Waals surface area contributed by atoms with Crippen LogP contribution < -0.4 is 4.74 Å². The van der Waals surface area contributed by atoms with E-state index in [4.69, 9.17) is 4.74 Å². The van der Waals surface area contributed by atoms with E-state index in [0.717, 1.165) is 36.3 Å². The molecule has 4 heteroatoms. The van der Waals surface area contributed by atoms with Gasteiger partial charge in [0, 0.05) is 10.3 Å². The van der Waals surface area contributed by atoms with Crippen LogP contribution in [0.5, 0.6) is 5.75 Å². The third kappa shape index (κ3) is 2.59. The molecule has 108 valence electrons. The highest BCUT2D eigenvalue weighted by molar-refractivity contribution is 9.11. The van der Waals surface area contributed by atoms with E-state index in [2.05, 4.69) is 15.9 Å². The van der Waals surface area contributed by atoms with Crippen molar-refractivity contribution in [1.29, 1.82) is 0 Å². The highest BCUT2D eigenvalue weighted by atomic mass is 79.9. The second-order valence-corrected chi connectivity index (χ2v) is 7.31. The number of hydrogen-bond donors (Lipinski definition) is 1. The number of benzene rings is 2. The van der Waals surface area contributed by atoms with E-state index in [-0.39, 0.29) is 0 Å². The Kier molecular flexibility index (Phi) is 4.02. The molecule has 2 aromatic carbocycles. The first kappa shape index (κ1) is 14.6. The summed E-state index contributed by atoms with van der Waals surface area (Å²) in [4.78, 5) is 0.940. The summed E-state index contributed by atoms with van der Waals surface area (Å²) >= 11 is 5.09. The molecule has 3 rings (SSSR count). The monoisotopic (exact) mass is 362 g/mol. The van der Waals surface area contributed by atoms with Gasteiger partial charge in [0.15, 0.2) is 0 Å². The molecule has 1 heterocycles. The standard InChI is InChI=1S/C17H15BrO2S/c1-10-9-15(21-17(10)18)16(19)13-7-8-14(20-2)12-6-4-3-5-11(12)13/h3-9,16,19H,1-2H3. The van der Waals surface area contributed by atoms with Gasteiger partial charge >= 0.3 is 0 Å². The minimum atomic E-state index is -0.629. The van der Waals surface area contributed by atoms with Gasteiger partial charge in [-0.2, -0.15) is 0 Å². The fourth-order valence-corrected chi connectivity index (χ4v) is 4.06. The van der Waals surface area contributed by atoms with Crippen molar-refractivity contribution >= 4 is 38.0 Å². The number of aryl methyl sites for hydroxylation is 1. The lowest BCUT2D eigenvalue weighted by atomic mass is 9.98. The summed E-state index contributed by atoms with van der Waals surface area (Å²) in [5, 5.41) is 12.8. The van der Waals surface area contributed by atoms with Crippen LogP contribution in [0.3, 0.4) is 0 Å². The lowest BCUT2D eigenvalue weighted by Gasteiger charge is -2.14. The molecule has 0 saturated heterocycles. The third-order valence-electron chi connectivity index (χ3n) is 3.58. The van der Waals surface area contributed by atoms with E-state index >= 15 is 0 Å². The largest absolute Gasteiger partial charge is 0.496 e. The Labute approximate surface area is 136 Å². The van der Waals surface area contributed by atoms with Crippen LogP contribution in [0.2, 0.25) is 0 Å². The number of hydrogen-bond acceptors (Lipinski definition) is 3. The van der Waals surface area contributed by atoms with Crippen molar-refractivity contribution in [2.75, 3.05) is 7.11 Å². The molecule has 0 fully saturated rings. The molecule has 0 aliphatic heterocycles. The second-order valence-electron chi connectivity index (χ2n) is 4.91. The van der Waals surface area contributed by atoms with E-state index in [1.54, 1.807) is 18.4 Å². The Morgan fingerprint density at radius 1 is 1.14 bits per heavy atom. The predicted octanol–water partition coefficient (Wildman–Crippen LogP) is 5.06. The van der Waals surface area contributed by atoms with Crippen LogP contribution >= 0.6 is 27.3 Å². The predicted molar refractivity (Wildman–Crippen MR) is 91.3 cm³/mol. The third-order valence-corrected chi connectivity index (χ3v) is 5.77. The van der Waals surface area contributed by atoms with Gasteiger partial charge in [-0.25, -0.2) is 0 Å². The quantitative estimate of drug-likeness (QED) is 0.705. The summed E-state index contributed by atoms with van der Waals surface area (Å²) in [6.07, 6.45) is -0.629. The van der Waals surface area contributed by atoms with Crippen LogP contribution in [0.1, 0.15) is 22.1 Å². The summed E-state index contributed by atoms with van der Waals surface area (Å²) in [5.74, 6) is 0.824. The maximum absolute atomic E-state index is 10.7. The van der Waals surface area contributed by atoms with Gasteiger partial charge in [0.05, 0.1) is 10.9 Å². The number of aliphatic hydroxyl groups excluding tert-OH is 1. The van der Waals surface area contributed by atoms with E-state index in [0.29, 0.717) is 0 Å². The minimum absolute atomic E-state index is 0.629. The van der Waals surface area contributed by atoms with Crippen molar-refractivity contribution in [2.45, 2.75) is 13.0 Å². The van der Waals surface area contributed by atoms with Gasteiger partial charge in [0.1, 0.15) is 11.9 Å². The highest BCUT2D eigenvalue weighted by Crippen LogP contribution is 2.38. The van der Waals surface area contributed by atoms with Crippen LogP contribution in [0, 0.1) is 6.92 Å². The van der Waals surface area contributed by atoms with Crippen molar-refractivity contribution < 1.29 is 9.84 Å². The maximum atomic E-state index is 10.7. The number of thiophene rings is 1. The summed E-state index contributed by atoms with van der Waals surface area (Å²) < 4.78 is 6.47. The molecule has 2 nitrogen and oxygen atoms in total. The molecular weight excluding hydrogens is 348 g/mol. The normalized spacial score (nSPS) is 12.6. The smallest absolute Gasteiger partial charge is 0.126 e. The number of rotatable bonds is 3. The molecule has 0 radical (unpaired) electrons. The molecule has 21 heavy (non-hydrogen) atoms. The SMILES string of the molecule is COc1ccc(C(O)c2cc(C)c(Br)s2)c2ccccc12. The minimum Gasteiger partial charge on any atom is -0.496 e. The molecule has 1 aromatic heterocycles. The van der Waals surface area contributed by atoms with Gasteiger partial charge in [-0.05, 0) is 51.5 Å². The Balaban J connectivity index is 2.16. The molecule has 0 saturated carbocycles. The Bertz CT molecular complexity index is 775. The first-order valence-corrected chi connectivity index (χ1v) is 8.22. The van der Waals surface area contributed by atoms with Crippen LogP contribution in [0.15, 0.2) is 46.3 Å². The van der Waals surface area contributed by atoms with Gasteiger partial charge < -0.3 is 9.84 Å². The first-order valence-electron chi connectivity index (χ1n) is 6.61. The zero-order valence-corrected chi connectivity index (χ0v) is 14.2. The topological polar surface area (TPSA) is 29.5 Å². The molecule has 0 aliphatic rings. The lowest BCUT2D eigenvalue weighted by molar-refractivity contribution is 0.225. The van der Waals surface area contributed by atoms with Crippen LogP contribution in [0.4, 0.5) is 0 Å². The Morgan fingerprint density at radius 2 is 1.86 bits per heavy atom. The summed E-state index contributed by atoms with van der Waals surface area (Å²) in [6.45, 7) is 2.03. The average Bonchev–Trinajstić information content (AvgIpc) is 2.85. The van der Waals surface area contributed by atoms with E-state index < -0.39 is 6.10 Å². The van der Waals surface area contributed by atoms with Gasteiger partial charge in [-0.1, -0.05) is 30.3 Å².